The minimum Gasteiger partial charge on any atom is -0.368 e. The van der Waals surface area contributed by atoms with E-state index in [1.54, 1.807) is 6.07 Å². The second-order valence-corrected chi connectivity index (χ2v) is 10.0. The number of aryl methyl sites for hydroxylation is 1. The summed E-state index contributed by atoms with van der Waals surface area (Å²) in [5.41, 5.74) is 5.85. The largest absolute Gasteiger partial charge is 0.368 e. The van der Waals surface area contributed by atoms with E-state index < -0.39 is 6.04 Å². The highest BCUT2D eigenvalue weighted by Gasteiger charge is 2.30. The molecule has 35 heavy (non-hydrogen) atoms. The van der Waals surface area contributed by atoms with E-state index in [9.17, 15) is 9.59 Å². The van der Waals surface area contributed by atoms with Crippen molar-refractivity contribution in [2.75, 3.05) is 31.1 Å². The lowest BCUT2D eigenvalue weighted by molar-refractivity contribution is -0.133. The minimum absolute atomic E-state index is 0.0270. The Labute approximate surface area is 209 Å². The number of carbonyl (C=O) groups excluding carboxylic acids is 2. The van der Waals surface area contributed by atoms with Crippen LogP contribution in [0.25, 0.3) is 10.9 Å². The van der Waals surface area contributed by atoms with Crippen LogP contribution in [0.1, 0.15) is 26.4 Å². The van der Waals surface area contributed by atoms with Gasteiger partial charge in [-0.15, -0.1) is 11.3 Å². The molecule has 0 saturated carbocycles. The van der Waals surface area contributed by atoms with Gasteiger partial charge in [0.25, 0.3) is 5.91 Å². The number of hydrogen-bond donors (Lipinski definition) is 2. The molecular formula is C28H30N4O2S. The number of nitrogens with zero attached hydrogens (tertiary/aromatic N) is 2. The molecule has 2 amide bonds. The van der Waals surface area contributed by atoms with Crippen molar-refractivity contribution in [1.29, 1.82) is 0 Å². The van der Waals surface area contributed by atoms with Crippen LogP contribution >= 0.6 is 11.3 Å². The second kappa shape index (κ2) is 9.96. The Morgan fingerprint density at radius 3 is 2.57 bits per heavy atom. The molecular weight excluding hydrogens is 456 g/mol. The van der Waals surface area contributed by atoms with E-state index in [-0.39, 0.29) is 11.8 Å². The molecule has 1 unspecified atom stereocenters. The van der Waals surface area contributed by atoms with E-state index >= 15 is 0 Å². The van der Waals surface area contributed by atoms with E-state index in [2.05, 4.69) is 47.2 Å². The van der Waals surface area contributed by atoms with Gasteiger partial charge in [-0.05, 0) is 54.1 Å². The maximum atomic E-state index is 13.7. The summed E-state index contributed by atoms with van der Waals surface area (Å²) in [6.45, 7) is 7.09. The molecule has 0 aliphatic carbocycles. The van der Waals surface area contributed by atoms with Gasteiger partial charge >= 0.3 is 0 Å². The van der Waals surface area contributed by atoms with E-state index in [1.165, 1.54) is 28.2 Å². The number of carbonyl (C=O) groups is 2. The lowest BCUT2D eigenvalue weighted by Crippen LogP contribution is -2.55. The molecule has 1 saturated heterocycles. The van der Waals surface area contributed by atoms with Crippen molar-refractivity contribution in [3.8, 4) is 0 Å². The van der Waals surface area contributed by atoms with Gasteiger partial charge < -0.3 is 20.1 Å². The molecule has 1 aliphatic heterocycles. The number of fused-ring (bicyclic) bond motifs is 1. The number of hydrogen-bond acceptors (Lipinski definition) is 4. The lowest BCUT2D eigenvalue weighted by atomic mass is 10.0. The normalized spacial score (nSPS) is 14.8. The summed E-state index contributed by atoms with van der Waals surface area (Å²) in [6, 6.07) is 17.4. The van der Waals surface area contributed by atoms with Crippen LogP contribution in [0.4, 0.5) is 5.69 Å². The number of H-pyrrole nitrogens is 1. The first kappa shape index (κ1) is 23.2. The molecule has 2 aromatic carbocycles. The first-order chi connectivity index (χ1) is 17.0. The van der Waals surface area contributed by atoms with Crippen LogP contribution in [-0.2, 0) is 11.2 Å². The van der Waals surface area contributed by atoms with E-state index in [1.807, 2.05) is 46.8 Å². The zero-order valence-electron chi connectivity index (χ0n) is 20.1. The number of piperazine rings is 1. The molecule has 0 bridgehead atoms. The molecule has 5 rings (SSSR count). The van der Waals surface area contributed by atoms with Crippen molar-refractivity contribution < 1.29 is 9.59 Å². The molecule has 2 aromatic heterocycles. The number of aromatic amines is 1. The fourth-order valence-electron chi connectivity index (χ4n) is 4.82. The summed E-state index contributed by atoms with van der Waals surface area (Å²) in [7, 11) is 0. The summed E-state index contributed by atoms with van der Waals surface area (Å²) >= 11 is 1.38. The SMILES string of the molecule is Cc1cccc(N2CCN(C(=O)C(Cc3c[nH]c4ccccc34)NC(=O)c3cccs3)CC2)c1C. The summed E-state index contributed by atoms with van der Waals surface area (Å²) in [5.74, 6) is -0.229. The summed E-state index contributed by atoms with van der Waals surface area (Å²) in [4.78, 5) is 34.8. The number of para-hydroxylation sites is 1. The lowest BCUT2D eigenvalue weighted by Gasteiger charge is -2.38. The Balaban J connectivity index is 1.33. The molecule has 180 valence electrons. The predicted octanol–water partition coefficient (Wildman–Crippen LogP) is 4.54. The van der Waals surface area contributed by atoms with Gasteiger partial charge in [-0.1, -0.05) is 36.4 Å². The van der Waals surface area contributed by atoms with Crippen LogP contribution in [0.3, 0.4) is 0 Å². The van der Waals surface area contributed by atoms with Gasteiger partial charge in [0.15, 0.2) is 0 Å². The van der Waals surface area contributed by atoms with Gasteiger partial charge in [0.2, 0.25) is 5.91 Å². The van der Waals surface area contributed by atoms with Crippen LogP contribution < -0.4 is 10.2 Å². The van der Waals surface area contributed by atoms with Crippen LogP contribution in [0, 0.1) is 13.8 Å². The smallest absolute Gasteiger partial charge is 0.262 e. The molecule has 3 heterocycles. The number of aromatic nitrogens is 1. The Morgan fingerprint density at radius 1 is 1.00 bits per heavy atom. The number of amides is 2. The Kier molecular flexibility index (Phi) is 6.59. The second-order valence-electron chi connectivity index (χ2n) is 9.10. The van der Waals surface area contributed by atoms with Crippen molar-refractivity contribution in [1.82, 2.24) is 15.2 Å². The summed E-state index contributed by atoms with van der Waals surface area (Å²) in [6.07, 6.45) is 2.39. The third-order valence-corrected chi connectivity index (χ3v) is 7.82. The molecule has 2 N–H and O–H groups in total. The van der Waals surface area contributed by atoms with Crippen LogP contribution in [-0.4, -0.2) is 53.9 Å². The maximum absolute atomic E-state index is 13.7. The molecule has 6 nitrogen and oxygen atoms in total. The molecule has 0 spiro atoms. The van der Waals surface area contributed by atoms with Crippen molar-refractivity contribution >= 4 is 39.7 Å². The Morgan fingerprint density at radius 2 is 1.80 bits per heavy atom. The average Bonchev–Trinajstić information content (AvgIpc) is 3.56. The monoisotopic (exact) mass is 486 g/mol. The minimum atomic E-state index is -0.629. The highest BCUT2D eigenvalue weighted by atomic mass is 32.1. The van der Waals surface area contributed by atoms with E-state index in [0.717, 1.165) is 29.6 Å². The fraction of sp³-hybridized carbons (Fsp3) is 0.286. The average molecular weight is 487 g/mol. The number of anilines is 1. The number of nitrogens with one attached hydrogen (secondary N) is 2. The van der Waals surface area contributed by atoms with Crippen molar-refractivity contribution in [3.05, 3.63) is 87.7 Å². The van der Waals surface area contributed by atoms with Gasteiger partial charge in [-0.3, -0.25) is 9.59 Å². The van der Waals surface area contributed by atoms with E-state index in [4.69, 9.17) is 0 Å². The van der Waals surface area contributed by atoms with Gasteiger partial charge in [0.1, 0.15) is 6.04 Å². The predicted molar refractivity (Wildman–Crippen MR) is 142 cm³/mol. The Bertz CT molecular complexity index is 1340. The third-order valence-electron chi connectivity index (χ3n) is 6.96. The number of rotatable bonds is 6. The van der Waals surface area contributed by atoms with Crippen LogP contribution in [0.5, 0.6) is 0 Å². The van der Waals surface area contributed by atoms with Crippen molar-refractivity contribution in [3.63, 3.8) is 0 Å². The number of thiophene rings is 1. The summed E-state index contributed by atoms with van der Waals surface area (Å²) in [5, 5.41) is 5.98. The topological polar surface area (TPSA) is 68.4 Å². The van der Waals surface area contributed by atoms with Gasteiger partial charge in [-0.2, -0.15) is 0 Å². The Hall–Kier alpha value is -3.58. The first-order valence-corrected chi connectivity index (χ1v) is 12.9. The number of benzene rings is 2. The van der Waals surface area contributed by atoms with E-state index in [0.29, 0.717) is 24.4 Å². The van der Waals surface area contributed by atoms with Crippen molar-refractivity contribution in [2.24, 2.45) is 0 Å². The zero-order chi connectivity index (χ0) is 24.4. The fourth-order valence-corrected chi connectivity index (χ4v) is 5.45. The highest BCUT2D eigenvalue weighted by Crippen LogP contribution is 2.25. The molecule has 1 aliphatic rings. The maximum Gasteiger partial charge on any atom is 0.262 e. The molecule has 0 radical (unpaired) electrons. The first-order valence-electron chi connectivity index (χ1n) is 12.0. The summed E-state index contributed by atoms with van der Waals surface area (Å²) < 4.78 is 0. The highest BCUT2D eigenvalue weighted by molar-refractivity contribution is 7.12. The zero-order valence-corrected chi connectivity index (χ0v) is 20.9. The quantitative estimate of drug-likeness (QED) is 0.421. The van der Waals surface area contributed by atoms with Gasteiger partial charge in [0, 0.05) is 55.4 Å². The molecule has 7 heteroatoms. The molecule has 4 aromatic rings. The van der Waals surface area contributed by atoms with Crippen LogP contribution in [0.2, 0.25) is 0 Å². The molecule has 1 atom stereocenters. The van der Waals surface area contributed by atoms with Crippen LogP contribution in [0.15, 0.2) is 66.2 Å². The van der Waals surface area contributed by atoms with Crippen molar-refractivity contribution in [2.45, 2.75) is 26.3 Å². The standard InChI is InChI=1S/C28H30N4O2S/c1-19-7-5-10-25(20(19)2)31-12-14-32(15-13-31)28(34)24(30-27(33)26-11-6-16-35-26)17-21-18-29-23-9-4-3-8-22(21)23/h3-11,16,18,24,29H,12-15,17H2,1-2H3,(H,30,33). The molecule has 1 fully saturated rings. The van der Waals surface area contributed by atoms with Gasteiger partial charge in [0.05, 0.1) is 4.88 Å². The van der Waals surface area contributed by atoms with Gasteiger partial charge in [-0.25, -0.2) is 0 Å². The third kappa shape index (κ3) is 4.82.